The van der Waals surface area contributed by atoms with E-state index in [0.29, 0.717) is 38.8 Å². The minimum atomic E-state index is -0.312. The van der Waals surface area contributed by atoms with Crippen LogP contribution < -0.4 is 14.8 Å². The summed E-state index contributed by atoms with van der Waals surface area (Å²) in [6, 6.07) is 9.05. The average Bonchev–Trinajstić information content (AvgIpc) is 3.43. The SMILES string of the molecule is COc1cc(OC)c(NC(=O)c2cc(-c3cccs3)nc3c2cnn3C(C)C)cc1Cl. The van der Waals surface area contributed by atoms with E-state index in [9.17, 15) is 4.79 Å². The summed E-state index contributed by atoms with van der Waals surface area (Å²) in [5.74, 6) is 0.588. The summed E-state index contributed by atoms with van der Waals surface area (Å²) >= 11 is 7.82. The fourth-order valence-electron chi connectivity index (χ4n) is 3.28. The van der Waals surface area contributed by atoms with Crippen LogP contribution in [0.4, 0.5) is 5.69 Å². The number of nitrogens with one attached hydrogen (secondary N) is 1. The Morgan fingerprint density at radius 2 is 1.97 bits per heavy atom. The molecular weight excluding hydrogens is 436 g/mol. The zero-order valence-electron chi connectivity index (χ0n) is 17.5. The van der Waals surface area contributed by atoms with Crippen LogP contribution in [0, 0.1) is 0 Å². The zero-order chi connectivity index (χ0) is 22.1. The summed E-state index contributed by atoms with van der Waals surface area (Å²) in [7, 11) is 3.04. The summed E-state index contributed by atoms with van der Waals surface area (Å²) in [5, 5.41) is 10.4. The molecule has 1 N–H and O–H groups in total. The Balaban J connectivity index is 1.82. The topological polar surface area (TPSA) is 78.3 Å². The van der Waals surface area contributed by atoms with Crippen molar-refractivity contribution in [2.45, 2.75) is 19.9 Å². The molecule has 1 aromatic carbocycles. The van der Waals surface area contributed by atoms with Crippen LogP contribution in [0.25, 0.3) is 21.6 Å². The number of methoxy groups -OCH3 is 2. The van der Waals surface area contributed by atoms with Gasteiger partial charge in [0.25, 0.3) is 5.91 Å². The van der Waals surface area contributed by atoms with Crippen LogP contribution in [0.1, 0.15) is 30.2 Å². The van der Waals surface area contributed by atoms with Gasteiger partial charge in [-0.05, 0) is 37.4 Å². The third-order valence-corrected chi connectivity index (χ3v) is 5.98. The fraction of sp³-hybridized carbons (Fsp3) is 0.227. The van der Waals surface area contributed by atoms with Gasteiger partial charge in [-0.2, -0.15) is 5.10 Å². The van der Waals surface area contributed by atoms with E-state index in [0.717, 1.165) is 10.6 Å². The molecule has 4 rings (SSSR count). The molecule has 0 radical (unpaired) electrons. The number of pyridine rings is 1. The number of nitrogens with zero attached hydrogens (tertiary/aromatic N) is 3. The Morgan fingerprint density at radius 1 is 1.19 bits per heavy atom. The van der Waals surface area contributed by atoms with E-state index in [1.54, 1.807) is 35.7 Å². The Morgan fingerprint density at radius 3 is 2.61 bits per heavy atom. The molecule has 0 saturated carbocycles. The number of carbonyl (C=O) groups is 1. The summed E-state index contributed by atoms with van der Waals surface area (Å²) in [6.45, 7) is 4.05. The highest BCUT2D eigenvalue weighted by Gasteiger charge is 2.20. The molecular formula is C22H21ClN4O3S. The van der Waals surface area contributed by atoms with Crippen LogP contribution in [-0.2, 0) is 0 Å². The molecule has 3 heterocycles. The van der Waals surface area contributed by atoms with Crippen molar-refractivity contribution in [3.8, 4) is 22.1 Å². The fourth-order valence-corrected chi connectivity index (χ4v) is 4.21. The van der Waals surface area contributed by atoms with Gasteiger partial charge in [-0.15, -0.1) is 11.3 Å². The zero-order valence-corrected chi connectivity index (χ0v) is 19.0. The van der Waals surface area contributed by atoms with Crippen LogP contribution in [-0.4, -0.2) is 34.9 Å². The highest BCUT2D eigenvalue weighted by Crippen LogP contribution is 2.36. The van der Waals surface area contributed by atoms with E-state index in [1.807, 2.05) is 36.0 Å². The molecule has 0 fully saturated rings. The number of ether oxygens (including phenoxy) is 2. The first-order valence-electron chi connectivity index (χ1n) is 9.58. The molecule has 160 valence electrons. The largest absolute Gasteiger partial charge is 0.495 e. The highest BCUT2D eigenvalue weighted by atomic mass is 35.5. The second-order valence-corrected chi connectivity index (χ2v) is 8.45. The molecule has 3 aromatic heterocycles. The minimum absolute atomic E-state index is 0.0972. The molecule has 0 aliphatic carbocycles. The molecule has 0 bridgehead atoms. The predicted octanol–water partition coefficient (Wildman–Crippen LogP) is 5.66. The van der Waals surface area contributed by atoms with Crippen molar-refractivity contribution >= 4 is 45.6 Å². The van der Waals surface area contributed by atoms with Crippen molar-refractivity contribution < 1.29 is 14.3 Å². The molecule has 0 aliphatic heterocycles. The van der Waals surface area contributed by atoms with E-state index < -0.39 is 0 Å². The van der Waals surface area contributed by atoms with Gasteiger partial charge in [0.15, 0.2) is 5.65 Å². The van der Waals surface area contributed by atoms with Crippen LogP contribution >= 0.6 is 22.9 Å². The van der Waals surface area contributed by atoms with Gasteiger partial charge in [0.2, 0.25) is 0 Å². The molecule has 0 saturated heterocycles. The van der Waals surface area contributed by atoms with E-state index in [2.05, 4.69) is 10.4 Å². The number of fused-ring (bicyclic) bond motifs is 1. The van der Waals surface area contributed by atoms with E-state index in [1.165, 1.54) is 14.2 Å². The summed E-state index contributed by atoms with van der Waals surface area (Å²) < 4.78 is 12.4. The Hall–Kier alpha value is -3.10. The van der Waals surface area contributed by atoms with Crippen molar-refractivity contribution in [1.82, 2.24) is 14.8 Å². The van der Waals surface area contributed by atoms with Crippen molar-refractivity contribution in [2.75, 3.05) is 19.5 Å². The first-order chi connectivity index (χ1) is 14.9. The summed E-state index contributed by atoms with van der Waals surface area (Å²) in [6.07, 6.45) is 1.67. The third-order valence-electron chi connectivity index (χ3n) is 4.80. The number of halogens is 1. The Labute approximate surface area is 188 Å². The van der Waals surface area contributed by atoms with Gasteiger partial charge < -0.3 is 14.8 Å². The lowest BCUT2D eigenvalue weighted by molar-refractivity contribution is 0.102. The maximum atomic E-state index is 13.4. The van der Waals surface area contributed by atoms with E-state index >= 15 is 0 Å². The van der Waals surface area contributed by atoms with Gasteiger partial charge in [-0.3, -0.25) is 4.79 Å². The van der Waals surface area contributed by atoms with Gasteiger partial charge in [0.05, 0.1) is 52.6 Å². The lowest BCUT2D eigenvalue weighted by Gasteiger charge is -2.14. The van der Waals surface area contributed by atoms with E-state index in [-0.39, 0.29) is 11.9 Å². The number of hydrogen-bond donors (Lipinski definition) is 1. The minimum Gasteiger partial charge on any atom is -0.495 e. The van der Waals surface area contributed by atoms with Crippen LogP contribution in [0.15, 0.2) is 41.9 Å². The van der Waals surface area contributed by atoms with Crippen LogP contribution in [0.2, 0.25) is 5.02 Å². The van der Waals surface area contributed by atoms with Gasteiger partial charge in [-0.25, -0.2) is 9.67 Å². The van der Waals surface area contributed by atoms with Gasteiger partial charge >= 0.3 is 0 Å². The standard InChI is InChI=1S/C22H21ClN4O3S/c1-12(2)27-21-14(11-24-27)13(8-17(25-21)20-6-5-7-31-20)22(28)26-16-9-15(23)18(29-3)10-19(16)30-4/h5-12H,1-4H3,(H,26,28). The number of thiophene rings is 1. The van der Waals surface area contributed by atoms with Crippen molar-refractivity contribution in [2.24, 2.45) is 0 Å². The second-order valence-electron chi connectivity index (χ2n) is 7.09. The summed E-state index contributed by atoms with van der Waals surface area (Å²) in [5.41, 5.74) is 2.28. The highest BCUT2D eigenvalue weighted by molar-refractivity contribution is 7.13. The number of amides is 1. The molecule has 4 aromatic rings. The maximum Gasteiger partial charge on any atom is 0.256 e. The van der Waals surface area contributed by atoms with Gasteiger partial charge in [0.1, 0.15) is 11.5 Å². The Bertz CT molecular complexity index is 1250. The van der Waals surface area contributed by atoms with Crippen molar-refractivity contribution in [1.29, 1.82) is 0 Å². The van der Waals surface area contributed by atoms with Crippen LogP contribution in [0.3, 0.4) is 0 Å². The normalized spacial score (nSPS) is 11.2. The second kappa shape index (κ2) is 8.56. The number of carbonyl (C=O) groups excluding carboxylic acids is 1. The van der Waals surface area contributed by atoms with E-state index in [4.69, 9.17) is 26.1 Å². The maximum absolute atomic E-state index is 13.4. The Kier molecular flexibility index (Phi) is 5.84. The quantitative estimate of drug-likeness (QED) is 0.404. The molecule has 7 nitrogen and oxygen atoms in total. The molecule has 0 aliphatic rings. The molecule has 0 spiro atoms. The predicted molar refractivity (Wildman–Crippen MR) is 124 cm³/mol. The lowest BCUT2D eigenvalue weighted by atomic mass is 10.1. The number of anilines is 1. The molecule has 1 amide bonds. The van der Waals surface area contributed by atoms with Crippen molar-refractivity contribution in [3.05, 3.63) is 52.5 Å². The number of aromatic nitrogens is 3. The van der Waals surface area contributed by atoms with Crippen molar-refractivity contribution in [3.63, 3.8) is 0 Å². The first-order valence-corrected chi connectivity index (χ1v) is 10.8. The molecule has 0 atom stereocenters. The number of hydrogen-bond acceptors (Lipinski definition) is 6. The van der Waals surface area contributed by atoms with Crippen LogP contribution in [0.5, 0.6) is 11.5 Å². The molecule has 31 heavy (non-hydrogen) atoms. The smallest absolute Gasteiger partial charge is 0.256 e. The third kappa shape index (κ3) is 3.96. The average molecular weight is 457 g/mol. The van der Waals surface area contributed by atoms with Gasteiger partial charge in [-0.1, -0.05) is 17.7 Å². The lowest BCUT2D eigenvalue weighted by Crippen LogP contribution is -2.14. The summed E-state index contributed by atoms with van der Waals surface area (Å²) in [4.78, 5) is 19.1. The molecule has 9 heteroatoms. The molecule has 0 unspecified atom stereocenters. The number of benzene rings is 1. The monoisotopic (exact) mass is 456 g/mol. The van der Waals surface area contributed by atoms with Gasteiger partial charge in [0, 0.05) is 12.1 Å². The first kappa shape index (κ1) is 21.1. The number of rotatable bonds is 6.